The molecule has 1 saturated heterocycles. The maximum Gasteiger partial charge on any atom is 0.191 e. The molecule has 9 heteroatoms. The summed E-state index contributed by atoms with van der Waals surface area (Å²) in [4.78, 5) is 11.1. The predicted molar refractivity (Wildman–Crippen MR) is 134 cm³/mol. The number of hydrogen-bond donors (Lipinski definition) is 2. The van der Waals surface area contributed by atoms with Gasteiger partial charge in [0.15, 0.2) is 5.96 Å². The fraction of sp³-hybridized carbons (Fsp3) is 0.500. The second-order valence-electron chi connectivity index (χ2n) is 6.51. The highest BCUT2D eigenvalue weighted by molar-refractivity contribution is 14.0. The Bertz CT molecular complexity index is 723. The smallest absolute Gasteiger partial charge is 0.191 e. The molecule has 160 valence electrons. The van der Waals surface area contributed by atoms with Gasteiger partial charge >= 0.3 is 0 Å². The number of nitrogens with zero attached hydrogens (tertiary/aromatic N) is 3. The highest BCUT2D eigenvalue weighted by Gasteiger charge is 2.12. The van der Waals surface area contributed by atoms with Crippen molar-refractivity contribution in [2.24, 2.45) is 4.99 Å². The van der Waals surface area contributed by atoms with Crippen molar-refractivity contribution in [3.63, 3.8) is 0 Å². The standard InChI is InChI=1S/C20H29N5OS2.HI/c1-21-19(22-7-4-13-27-20-23-8-14-28-20)24-15-17-5-2-3-6-18(17)16-25-9-11-26-12-10-25;/h2-3,5-6,8,14H,4,7,9-13,15-16H2,1H3,(H2,21,22,24);1H. The number of thiazole rings is 1. The molecule has 1 fully saturated rings. The molecule has 1 aromatic heterocycles. The van der Waals surface area contributed by atoms with Crippen molar-refractivity contribution in [1.82, 2.24) is 20.5 Å². The Morgan fingerprint density at radius 3 is 2.76 bits per heavy atom. The Morgan fingerprint density at radius 1 is 1.24 bits per heavy atom. The van der Waals surface area contributed by atoms with Crippen LogP contribution in [-0.4, -0.2) is 61.5 Å². The number of thioether (sulfide) groups is 1. The third-order valence-corrected chi connectivity index (χ3v) is 6.59. The molecule has 2 N–H and O–H groups in total. The summed E-state index contributed by atoms with van der Waals surface area (Å²) in [7, 11) is 1.82. The lowest BCUT2D eigenvalue weighted by Crippen LogP contribution is -2.38. The number of nitrogens with one attached hydrogen (secondary N) is 2. The van der Waals surface area contributed by atoms with Crippen LogP contribution in [-0.2, 0) is 17.8 Å². The lowest BCUT2D eigenvalue weighted by molar-refractivity contribution is 0.0341. The van der Waals surface area contributed by atoms with Crippen LogP contribution in [0.4, 0.5) is 0 Å². The molecule has 6 nitrogen and oxygen atoms in total. The van der Waals surface area contributed by atoms with Gasteiger partial charge in [-0.3, -0.25) is 9.89 Å². The van der Waals surface area contributed by atoms with Crippen molar-refractivity contribution in [2.75, 3.05) is 45.6 Å². The number of aliphatic imine (C=N–C) groups is 1. The largest absolute Gasteiger partial charge is 0.379 e. The molecule has 0 radical (unpaired) electrons. The van der Waals surface area contributed by atoms with E-state index >= 15 is 0 Å². The number of benzene rings is 1. The third-order valence-electron chi connectivity index (χ3n) is 4.53. The first-order chi connectivity index (χ1) is 13.8. The quantitative estimate of drug-likeness (QED) is 0.165. The van der Waals surface area contributed by atoms with E-state index in [2.05, 4.69) is 49.8 Å². The van der Waals surface area contributed by atoms with E-state index in [4.69, 9.17) is 4.74 Å². The molecule has 0 amide bonds. The fourth-order valence-electron chi connectivity index (χ4n) is 3.00. The third kappa shape index (κ3) is 8.79. The van der Waals surface area contributed by atoms with Gasteiger partial charge in [-0.15, -0.1) is 35.3 Å². The number of morpholine rings is 1. The van der Waals surface area contributed by atoms with Crippen LogP contribution >= 0.6 is 47.1 Å². The average Bonchev–Trinajstić information content (AvgIpc) is 3.25. The summed E-state index contributed by atoms with van der Waals surface area (Å²) >= 11 is 3.50. The molecule has 3 rings (SSSR count). The first-order valence-electron chi connectivity index (χ1n) is 9.69. The second-order valence-corrected chi connectivity index (χ2v) is 8.75. The van der Waals surface area contributed by atoms with Gasteiger partial charge < -0.3 is 15.4 Å². The van der Waals surface area contributed by atoms with Crippen LogP contribution in [0.2, 0.25) is 0 Å². The zero-order valence-electron chi connectivity index (χ0n) is 16.8. The van der Waals surface area contributed by atoms with E-state index in [-0.39, 0.29) is 24.0 Å². The molecule has 1 aliphatic rings. The first kappa shape index (κ1) is 24.4. The van der Waals surface area contributed by atoms with Crippen LogP contribution in [0.5, 0.6) is 0 Å². The monoisotopic (exact) mass is 547 g/mol. The van der Waals surface area contributed by atoms with Gasteiger partial charge in [-0.1, -0.05) is 36.0 Å². The lowest BCUT2D eigenvalue weighted by atomic mass is 10.1. The van der Waals surface area contributed by atoms with Crippen LogP contribution < -0.4 is 10.6 Å². The highest BCUT2D eigenvalue weighted by Crippen LogP contribution is 2.20. The normalized spacial score (nSPS) is 15.0. The van der Waals surface area contributed by atoms with E-state index in [1.165, 1.54) is 11.1 Å². The molecular weight excluding hydrogens is 517 g/mol. The van der Waals surface area contributed by atoms with Gasteiger partial charge in [0.25, 0.3) is 0 Å². The summed E-state index contributed by atoms with van der Waals surface area (Å²) < 4.78 is 6.59. The first-order valence-corrected chi connectivity index (χ1v) is 11.6. The van der Waals surface area contributed by atoms with Gasteiger partial charge in [-0.05, 0) is 17.5 Å². The minimum absolute atomic E-state index is 0. The van der Waals surface area contributed by atoms with Crippen molar-refractivity contribution >= 4 is 53.0 Å². The van der Waals surface area contributed by atoms with E-state index in [0.717, 1.165) is 68.4 Å². The minimum atomic E-state index is 0. The Labute approximate surface area is 198 Å². The number of ether oxygens (including phenoxy) is 1. The average molecular weight is 548 g/mol. The maximum atomic E-state index is 5.45. The Balaban J connectivity index is 0.00000300. The summed E-state index contributed by atoms with van der Waals surface area (Å²) in [6.45, 7) is 6.31. The molecule has 0 unspecified atom stereocenters. The van der Waals surface area contributed by atoms with E-state index < -0.39 is 0 Å². The number of halogens is 1. The Hall–Kier alpha value is -0.880. The van der Waals surface area contributed by atoms with Crippen molar-refractivity contribution in [3.05, 3.63) is 47.0 Å². The minimum Gasteiger partial charge on any atom is -0.379 e. The van der Waals surface area contributed by atoms with Gasteiger partial charge in [-0.2, -0.15) is 0 Å². The van der Waals surface area contributed by atoms with Crippen LogP contribution in [0.25, 0.3) is 0 Å². The van der Waals surface area contributed by atoms with Gasteiger partial charge in [0.05, 0.1) is 13.2 Å². The van der Waals surface area contributed by atoms with E-state index in [9.17, 15) is 0 Å². The summed E-state index contributed by atoms with van der Waals surface area (Å²) in [5, 5.41) is 8.87. The van der Waals surface area contributed by atoms with Gasteiger partial charge in [0, 0.05) is 57.1 Å². The van der Waals surface area contributed by atoms with Crippen molar-refractivity contribution < 1.29 is 4.74 Å². The number of hydrogen-bond acceptors (Lipinski definition) is 6. The van der Waals surface area contributed by atoms with Crippen LogP contribution in [0.15, 0.2) is 45.2 Å². The van der Waals surface area contributed by atoms with E-state index in [1.54, 1.807) is 11.3 Å². The van der Waals surface area contributed by atoms with Gasteiger partial charge in [-0.25, -0.2) is 4.98 Å². The van der Waals surface area contributed by atoms with Gasteiger partial charge in [0.1, 0.15) is 4.34 Å². The molecule has 1 aliphatic heterocycles. The van der Waals surface area contributed by atoms with E-state index in [0.29, 0.717) is 0 Å². The molecule has 0 bridgehead atoms. The molecular formula is C20H30IN5OS2. The Kier molecular flexibility index (Phi) is 11.9. The van der Waals surface area contributed by atoms with Crippen LogP contribution in [0.1, 0.15) is 17.5 Å². The second kappa shape index (κ2) is 14.2. The zero-order valence-corrected chi connectivity index (χ0v) is 20.8. The fourth-order valence-corrected chi connectivity index (χ4v) is 4.65. The Morgan fingerprint density at radius 2 is 2.03 bits per heavy atom. The molecule has 0 aliphatic carbocycles. The molecule has 0 atom stereocenters. The van der Waals surface area contributed by atoms with Crippen LogP contribution in [0.3, 0.4) is 0 Å². The SMILES string of the molecule is CN=C(NCCCSc1nccs1)NCc1ccccc1CN1CCOCC1.I. The summed E-state index contributed by atoms with van der Waals surface area (Å²) in [5.74, 6) is 1.90. The summed E-state index contributed by atoms with van der Waals surface area (Å²) in [5.41, 5.74) is 2.68. The predicted octanol–water partition coefficient (Wildman–Crippen LogP) is 3.44. The lowest BCUT2D eigenvalue weighted by Gasteiger charge is -2.27. The molecule has 0 spiro atoms. The molecule has 2 heterocycles. The summed E-state index contributed by atoms with van der Waals surface area (Å²) in [6, 6.07) is 8.64. The molecule has 29 heavy (non-hydrogen) atoms. The number of guanidine groups is 1. The van der Waals surface area contributed by atoms with Crippen molar-refractivity contribution in [2.45, 2.75) is 23.8 Å². The number of rotatable bonds is 9. The van der Waals surface area contributed by atoms with Crippen molar-refractivity contribution in [3.8, 4) is 0 Å². The molecule has 1 aromatic carbocycles. The van der Waals surface area contributed by atoms with Crippen LogP contribution in [0, 0.1) is 0 Å². The number of aromatic nitrogens is 1. The zero-order chi connectivity index (χ0) is 19.4. The highest BCUT2D eigenvalue weighted by atomic mass is 127. The van der Waals surface area contributed by atoms with Gasteiger partial charge in [0.2, 0.25) is 0 Å². The molecule has 0 saturated carbocycles. The van der Waals surface area contributed by atoms with E-state index in [1.807, 2.05) is 30.4 Å². The molecule has 2 aromatic rings. The topological polar surface area (TPSA) is 61.8 Å². The van der Waals surface area contributed by atoms with Crippen molar-refractivity contribution in [1.29, 1.82) is 0 Å². The maximum absolute atomic E-state index is 5.45. The summed E-state index contributed by atoms with van der Waals surface area (Å²) in [6.07, 6.45) is 2.92.